The molecular weight excluding hydrogens is 448 g/mol. The molecule has 3 amide bonds. The van der Waals surface area contributed by atoms with Crippen LogP contribution in [0.25, 0.3) is 0 Å². The highest BCUT2D eigenvalue weighted by molar-refractivity contribution is 7.09. The molecule has 0 unspecified atom stereocenters. The molecular formula is C26H34N4O3S. The predicted molar refractivity (Wildman–Crippen MR) is 135 cm³/mol. The molecule has 182 valence electrons. The maximum atomic E-state index is 12.8. The molecule has 2 N–H and O–H groups in total. The van der Waals surface area contributed by atoms with E-state index >= 15 is 0 Å². The van der Waals surface area contributed by atoms with Gasteiger partial charge in [-0.3, -0.25) is 19.3 Å². The van der Waals surface area contributed by atoms with Gasteiger partial charge in [-0.25, -0.2) is 0 Å². The second-order valence-electron chi connectivity index (χ2n) is 9.18. The molecule has 8 heteroatoms. The molecule has 3 heterocycles. The van der Waals surface area contributed by atoms with Gasteiger partial charge < -0.3 is 15.5 Å². The molecule has 2 aliphatic rings. The molecule has 0 saturated carbocycles. The normalized spacial score (nSPS) is 17.9. The molecule has 2 aliphatic heterocycles. The molecule has 0 radical (unpaired) electrons. The lowest BCUT2D eigenvalue weighted by Crippen LogP contribution is -2.48. The van der Waals surface area contributed by atoms with E-state index in [1.54, 1.807) is 11.3 Å². The summed E-state index contributed by atoms with van der Waals surface area (Å²) >= 11 is 1.72. The van der Waals surface area contributed by atoms with Crippen molar-refractivity contribution in [3.8, 4) is 0 Å². The van der Waals surface area contributed by atoms with Crippen molar-refractivity contribution in [3.63, 3.8) is 0 Å². The summed E-state index contributed by atoms with van der Waals surface area (Å²) in [5, 5.41) is 8.09. The Bertz CT molecular complexity index is 934. The van der Waals surface area contributed by atoms with Gasteiger partial charge in [-0.2, -0.15) is 0 Å². The SMILES string of the molecule is O=C(NCCc1cccs1)C1CCN(CC(=O)N2CCC(C(=O)Nc3ccccc3)CC2)CC1. The van der Waals surface area contributed by atoms with E-state index in [-0.39, 0.29) is 29.6 Å². The van der Waals surface area contributed by atoms with Gasteiger partial charge in [0.25, 0.3) is 0 Å². The number of para-hydroxylation sites is 1. The summed E-state index contributed by atoms with van der Waals surface area (Å²) in [6, 6.07) is 13.6. The van der Waals surface area contributed by atoms with Gasteiger partial charge in [0.05, 0.1) is 6.54 Å². The van der Waals surface area contributed by atoms with Gasteiger partial charge in [0.15, 0.2) is 0 Å². The fourth-order valence-electron chi connectivity index (χ4n) is 4.71. The van der Waals surface area contributed by atoms with Crippen molar-refractivity contribution in [3.05, 3.63) is 52.7 Å². The molecule has 34 heavy (non-hydrogen) atoms. The van der Waals surface area contributed by atoms with Crippen LogP contribution in [0, 0.1) is 11.8 Å². The Kier molecular flexibility index (Phi) is 8.71. The Hall–Kier alpha value is -2.71. The molecule has 4 rings (SSSR count). The molecule has 1 aromatic carbocycles. The average Bonchev–Trinajstić information content (AvgIpc) is 3.39. The minimum atomic E-state index is -0.0571. The van der Waals surface area contributed by atoms with Gasteiger partial charge in [-0.15, -0.1) is 11.3 Å². The maximum Gasteiger partial charge on any atom is 0.236 e. The molecule has 0 bridgehead atoms. The first-order valence-corrected chi connectivity index (χ1v) is 13.1. The lowest BCUT2D eigenvalue weighted by molar-refractivity contribution is -0.136. The minimum absolute atomic E-state index is 0.0357. The van der Waals surface area contributed by atoms with Crippen LogP contribution in [-0.2, 0) is 20.8 Å². The summed E-state index contributed by atoms with van der Waals surface area (Å²) in [5.41, 5.74) is 0.811. The summed E-state index contributed by atoms with van der Waals surface area (Å²) in [4.78, 5) is 43.1. The van der Waals surface area contributed by atoms with Crippen LogP contribution in [0.1, 0.15) is 30.6 Å². The molecule has 2 saturated heterocycles. The summed E-state index contributed by atoms with van der Waals surface area (Å²) in [6.45, 7) is 3.85. The monoisotopic (exact) mass is 482 g/mol. The topological polar surface area (TPSA) is 81.8 Å². The van der Waals surface area contributed by atoms with Gasteiger partial charge in [0.2, 0.25) is 17.7 Å². The molecule has 0 atom stereocenters. The Labute approximate surface area is 205 Å². The number of rotatable bonds is 8. The van der Waals surface area contributed by atoms with Crippen molar-refractivity contribution in [1.29, 1.82) is 0 Å². The lowest BCUT2D eigenvalue weighted by Gasteiger charge is -2.35. The number of amides is 3. The average molecular weight is 483 g/mol. The second kappa shape index (κ2) is 12.1. The Morgan fingerprint density at radius 1 is 0.853 bits per heavy atom. The van der Waals surface area contributed by atoms with Crippen LogP contribution in [0.3, 0.4) is 0 Å². The number of hydrogen-bond donors (Lipinski definition) is 2. The third kappa shape index (κ3) is 6.90. The smallest absolute Gasteiger partial charge is 0.236 e. The number of carbonyl (C=O) groups is 3. The van der Waals surface area contributed by atoms with Gasteiger partial charge in [0, 0.05) is 42.0 Å². The van der Waals surface area contributed by atoms with E-state index < -0.39 is 0 Å². The third-order valence-electron chi connectivity index (χ3n) is 6.83. The molecule has 7 nitrogen and oxygen atoms in total. The standard InChI is InChI=1S/C26H34N4O3S/c31-24(30-16-11-21(12-17-30)26(33)28-22-5-2-1-3-6-22)19-29-14-9-20(10-15-29)25(32)27-13-8-23-7-4-18-34-23/h1-7,18,20-21H,8-17,19H2,(H,27,32)(H,28,33). The van der Waals surface area contributed by atoms with Crippen LogP contribution in [0.15, 0.2) is 47.8 Å². The first-order valence-electron chi connectivity index (χ1n) is 12.2. The van der Waals surface area contributed by atoms with E-state index in [0.717, 1.165) is 38.0 Å². The minimum Gasteiger partial charge on any atom is -0.355 e. The number of nitrogens with one attached hydrogen (secondary N) is 2. The molecule has 2 fully saturated rings. The number of likely N-dealkylation sites (tertiary alicyclic amines) is 2. The summed E-state index contributed by atoms with van der Waals surface area (Å²) in [5.74, 6) is 0.278. The lowest BCUT2D eigenvalue weighted by atomic mass is 9.95. The van der Waals surface area contributed by atoms with Crippen LogP contribution in [0.5, 0.6) is 0 Å². The van der Waals surface area contributed by atoms with Crippen LogP contribution in [0.4, 0.5) is 5.69 Å². The maximum absolute atomic E-state index is 12.8. The van der Waals surface area contributed by atoms with E-state index in [0.29, 0.717) is 39.0 Å². The van der Waals surface area contributed by atoms with Crippen molar-refractivity contribution in [2.24, 2.45) is 11.8 Å². The summed E-state index contributed by atoms with van der Waals surface area (Å²) < 4.78 is 0. The van der Waals surface area contributed by atoms with E-state index in [1.807, 2.05) is 41.3 Å². The van der Waals surface area contributed by atoms with Crippen LogP contribution >= 0.6 is 11.3 Å². The number of thiophene rings is 1. The molecule has 1 aromatic heterocycles. The zero-order chi connectivity index (χ0) is 23.8. The van der Waals surface area contributed by atoms with E-state index in [2.05, 4.69) is 27.0 Å². The number of hydrogen-bond acceptors (Lipinski definition) is 5. The van der Waals surface area contributed by atoms with Crippen LogP contribution < -0.4 is 10.6 Å². The van der Waals surface area contributed by atoms with Gasteiger partial charge >= 0.3 is 0 Å². The Morgan fingerprint density at radius 3 is 2.21 bits per heavy atom. The predicted octanol–water partition coefficient (Wildman–Crippen LogP) is 3.00. The number of nitrogens with zero attached hydrogens (tertiary/aromatic N) is 2. The highest BCUT2D eigenvalue weighted by Gasteiger charge is 2.30. The first kappa shape index (κ1) is 24.4. The van der Waals surface area contributed by atoms with Crippen molar-refractivity contribution >= 4 is 34.7 Å². The third-order valence-corrected chi connectivity index (χ3v) is 7.76. The second-order valence-corrected chi connectivity index (χ2v) is 10.2. The highest BCUT2D eigenvalue weighted by Crippen LogP contribution is 2.21. The van der Waals surface area contributed by atoms with Crippen molar-refractivity contribution in [2.75, 3.05) is 44.6 Å². The first-order chi connectivity index (χ1) is 16.6. The zero-order valence-electron chi connectivity index (χ0n) is 19.6. The molecule has 0 aliphatic carbocycles. The van der Waals surface area contributed by atoms with Crippen LogP contribution in [-0.4, -0.2) is 66.8 Å². The summed E-state index contributed by atoms with van der Waals surface area (Å²) in [6.07, 6.45) is 3.84. The fraction of sp³-hybridized carbons (Fsp3) is 0.500. The molecule has 0 spiro atoms. The van der Waals surface area contributed by atoms with Crippen molar-refractivity contribution in [2.45, 2.75) is 32.1 Å². The number of carbonyl (C=O) groups excluding carboxylic acids is 3. The number of anilines is 1. The Morgan fingerprint density at radius 2 is 1.53 bits per heavy atom. The van der Waals surface area contributed by atoms with Crippen molar-refractivity contribution < 1.29 is 14.4 Å². The van der Waals surface area contributed by atoms with Crippen LogP contribution in [0.2, 0.25) is 0 Å². The Balaban J connectivity index is 1.12. The van der Waals surface area contributed by atoms with E-state index in [1.165, 1.54) is 4.88 Å². The zero-order valence-corrected chi connectivity index (χ0v) is 20.4. The van der Waals surface area contributed by atoms with E-state index in [4.69, 9.17) is 0 Å². The van der Waals surface area contributed by atoms with Crippen molar-refractivity contribution in [1.82, 2.24) is 15.1 Å². The van der Waals surface area contributed by atoms with Gasteiger partial charge in [-0.1, -0.05) is 24.3 Å². The number of benzene rings is 1. The van der Waals surface area contributed by atoms with Gasteiger partial charge in [0.1, 0.15) is 0 Å². The van der Waals surface area contributed by atoms with E-state index in [9.17, 15) is 14.4 Å². The number of piperidine rings is 2. The summed E-state index contributed by atoms with van der Waals surface area (Å²) in [7, 11) is 0. The fourth-order valence-corrected chi connectivity index (χ4v) is 5.42. The molecule has 2 aromatic rings. The quantitative estimate of drug-likeness (QED) is 0.606. The largest absolute Gasteiger partial charge is 0.355 e. The van der Waals surface area contributed by atoms with Gasteiger partial charge in [-0.05, 0) is 68.8 Å². The highest BCUT2D eigenvalue weighted by atomic mass is 32.1.